The third kappa shape index (κ3) is 2.98. The first kappa shape index (κ1) is 11.9. The number of hydrogen-bond acceptors (Lipinski definition) is 6. The van der Waals surface area contributed by atoms with Crippen LogP contribution < -0.4 is 16.5 Å². The Morgan fingerprint density at radius 3 is 3.00 bits per heavy atom. The largest absolute Gasteiger partial charge is 0.349 e. The van der Waals surface area contributed by atoms with E-state index < -0.39 is 5.69 Å². The van der Waals surface area contributed by atoms with Gasteiger partial charge < -0.3 is 0 Å². The highest BCUT2D eigenvalue weighted by Gasteiger charge is 2.05. The van der Waals surface area contributed by atoms with Gasteiger partial charge in [-0.05, 0) is 12.1 Å². The zero-order valence-electron chi connectivity index (χ0n) is 9.55. The van der Waals surface area contributed by atoms with Crippen LogP contribution in [0.25, 0.3) is 11.5 Å². The Kier molecular flexibility index (Phi) is 3.77. The fourth-order valence-electron chi connectivity index (χ4n) is 1.27. The van der Waals surface area contributed by atoms with Crippen molar-refractivity contribution in [1.29, 1.82) is 0 Å². The van der Waals surface area contributed by atoms with Gasteiger partial charge in [-0.15, -0.1) is 6.58 Å². The predicted octanol–water partition coefficient (Wildman–Crippen LogP) is 0.329. The van der Waals surface area contributed by atoms with Gasteiger partial charge in [-0.25, -0.2) is 10.2 Å². The Hall–Kier alpha value is -2.54. The van der Waals surface area contributed by atoms with Crippen molar-refractivity contribution in [3.05, 3.63) is 47.5 Å². The quantitative estimate of drug-likeness (QED) is 0.398. The number of aromatic amines is 1. The van der Waals surface area contributed by atoms with E-state index in [1.165, 1.54) is 0 Å². The molecule has 7 nitrogen and oxygen atoms in total. The fraction of sp³-hybridized carbons (Fsp3) is 0.0909. The molecule has 0 saturated carbocycles. The molecule has 0 saturated heterocycles. The van der Waals surface area contributed by atoms with Crippen LogP contribution in [-0.2, 0) is 0 Å². The van der Waals surface area contributed by atoms with E-state index in [2.05, 4.69) is 37.4 Å². The summed E-state index contributed by atoms with van der Waals surface area (Å²) in [7, 11) is 0. The van der Waals surface area contributed by atoms with Crippen LogP contribution >= 0.6 is 0 Å². The second kappa shape index (κ2) is 5.69. The summed E-state index contributed by atoms with van der Waals surface area (Å²) in [6, 6.07) is 5.35. The molecule has 0 atom stereocenters. The molecule has 0 aliphatic rings. The van der Waals surface area contributed by atoms with Crippen LogP contribution in [0.4, 0.5) is 5.95 Å². The van der Waals surface area contributed by atoms with Crippen molar-refractivity contribution in [2.24, 2.45) is 0 Å². The lowest BCUT2D eigenvalue weighted by molar-refractivity contribution is 0.853. The van der Waals surface area contributed by atoms with Crippen LogP contribution in [0.5, 0.6) is 0 Å². The maximum atomic E-state index is 11.4. The predicted molar refractivity (Wildman–Crippen MR) is 67.7 cm³/mol. The minimum absolute atomic E-state index is 0.182. The van der Waals surface area contributed by atoms with Crippen LogP contribution in [0.2, 0.25) is 0 Å². The summed E-state index contributed by atoms with van der Waals surface area (Å²) in [4.78, 5) is 25.8. The van der Waals surface area contributed by atoms with Crippen molar-refractivity contribution in [2.45, 2.75) is 0 Å². The normalized spacial score (nSPS) is 10.0. The fourth-order valence-corrected chi connectivity index (χ4v) is 1.27. The summed E-state index contributed by atoms with van der Waals surface area (Å²) in [6.45, 7) is 4.08. The van der Waals surface area contributed by atoms with E-state index in [-0.39, 0.29) is 5.95 Å². The molecule has 2 rings (SSSR count). The van der Waals surface area contributed by atoms with Crippen LogP contribution in [-0.4, -0.2) is 26.5 Å². The molecule has 0 spiro atoms. The molecule has 0 bridgehead atoms. The van der Waals surface area contributed by atoms with E-state index in [0.717, 1.165) is 0 Å². The highest BCUT2D eigenvalue weighted by Crippen LogP contribution is 2.09. The molecule has 7 heteroatoms. The number of pyridine rings is 1. The minimum atomic E-state index is -0.492. The summed E-state index contributed by atoms with van der Waals surface area (Å²) < 4.78 is 0. The molecule has 0 unspecified atom stereocenters. The molecule has 0 aromatic carbocycles. The zero-order valence-corrected chi connectivity index (χ0v) is 9.55. The van der Waals surface area contributed by atoms with Crippen molar-refractivity contribution < 1.29 is 0 Å². The summed E-state index contributed by atoms with van der Waals surface area (Å²) in [6.07, 6.45) is 3.29. The first-order valence-corrected chi connectivity index (χ1v) is 5.29. The number of H-pyrrole nitrogens is 1. The standard InChI is InChI=1S/C11H12N6O/c1-2-6-13-17-10-14-9(15-11(18)16-10)8-5-3-4-7-12-8/h2-5,7,13H,1,6H2,(H2,14,15,16,17,18). The number of hydrogen-bond donors (Lipinski definition) is 3. The van der Waals surface area contributed by atoms with Crippen LogP contribution in [0.15, 0.2) is 41.8 Å². The molecule has 0 fully saturated rings. The van der Waals surface area contributed by atoms with Gasteiger partial charge in [-0.2, -0.15) is 9.97 Å². The number of rotatable bonds is 5. The lowest BCUT2D eigenvalue weighted by Gasteiger charge is -2.05. The lowest BCUT2D eigenvalue weighted by Crippen LogP contribution is -2.26. The van der Waals surface area contributed by atoms with Crippen LogP contribution in [0, 0.1) is 0 Å². The van der Waals surface area contributed by atoms with E-state index >= 15 is 0 Å². The van der Waals surface area contributed by atoms with E-state index in [4.69, 9.17) is 0 Å². The molecular formula is C11H12N6O. The Labute approximate surface area is 103 Å². The SMILES string of the molecule is C=CCNNc1nc(-c2ccccn2)[nH]c(=O)n1. The third-order valence-corrected chi connectivity index (χ3v) is 2.00. The van der Waals surface area contributed by atoms with Gasteiger partial charge in [0.25, 0.3) is 0 Å². The molecule has 18 heavy (non-hydrogen) atoms. The molecule has 0 aliphatic heterocycles. The van der Waals surface area contributed by atoms with E-state index in [9.17, 15) is 4.79 Å². The summed E-state index contributed by atoms with van der Waals surface area (Å²) in [5.74, 6) is 0.541. The van der Waals surface area contributed by atoms with Gasteiger partial charge in [-0.3, -0.25) is 15.4 Å². The monoisotopic (exact) mass is 244 g/mol. The minimum Gasteiger partial charge on any atom is -0.289 e. The molecule has 0 aliphatic carbocycles. The van der Waals surface area contributed by atoms with Gasteiger partial charge in [0.1, 0.15) is 5.69 Å². The van der Waals surface area contributed by atoms with Crippen molar-refractivity contribution in [2.75, 3.05) is 12.0 Å². The average Bonchev–Trinajstić information content (AvgIpc) is 2.39. The average molecular weight is 244 g/mol. The highest BCUT2D eigenvalue weighted by molar-refractivity contribution is 5.49. The molecule has 3 N–H and O–H groups in total. The van der Waals surface area contributed by atoms with Gasteiger partial charge >= 0.3 is 5.69 Å². The molecular weight excluding hydrogens is 232 g/mol. The van der Waals surface area contributed by atoms with Crippen molar-refractivity contribution in [3.8, 4) is 11.5 Å². The van der Waals surface area contributed by atoms with Gasteiger partial charge in [0.15, 0.2) is 5.82 Å². The second-order valence-electron chi connectivity index (χ2n) is 3.34. The summed E-state index contributed by atoms with van der Waals surface area (Å²) >= 11 is 0. The molecule has 2 aromatic rings. The highest BCUT2D eigenvalue weighted by atomic mass is 16.1. The van der Waals surface area contributed by atoms with Crippen molar-refractivity contribution in [3.63, 3.8) is 0 Å². The number of nitrogens with zero attached hydrogens (tertiary/aromatic N) is 3. The van der Waals surface area contributed by atoms with Gasteiger partial charge in [0.05, 0.1) is 0 Å². The number of nitrogens with one attached hydrogen (secondary N) is 3. The molecule has 92 valence electrons. The first-order valence-electron chi connectivity index (χ1n) is 5.29. The molecule has 0 radical (unpaired) electrons. The van der Waals surface area contributed by atoms with E-state index in [1.54, 1.807) is 24.4 Å². The molecule has 2 heterocycles. The van der Waals surface area contributed by atoms with E-state index in [0.29, 0.717) is 18.1 Å². The third-order valence-electron chi connectivity index (χ3n) is 2.00. The maximum absolute atomic E-state index is 11.4. The number of aromatic nitrogens is 4. The van der Waals surface area contributed by atoms with Crippen molar-refractivity contribution in [1.82, 2.24) is 25.4 Å². The first-order chi connectivity index (χ1) is 8.79. The lowest BCUT2D eigenvalue weighted by atomic mass is 10.3. The second-order valence-corrected chi connectivity index (χ2v) is 3.34. The van der Waals surface area contributed by atoms with E-state index in [1.807, 2.05) is 6.07 Å². The Morgan fingerprint density at radius 2 is 2.28 bits per heavy atom. The number of anilines is 1. The maximum Gasteiger partial charge on any atom is 0.349 e. The van der Waals surface area contributed by atoms with Gasteiger partial charge in [0.2, 0.25) is 5.95 Å². The Balaban J connectivity index is 2.27. The number of hydrazine groups is 1. The van der Waals surface area contributed by atoms with Gasteiger partial charge in [0, 0.05) is 12.7 Å². The topological polar surface area (TPSA) is 95.6 Å². The van der Waals surface area contributed by atoms with Gasteiger partial charge in [-0.1, -0.05) is 12.1 Å². The Morgan fingerprint density at radius 1 is 1.39 bits per heavy atom. The molecule has 0 amide bonds. The summed E-state index contributed by atoms with van der Waals surface area (Å²) in [5.41, 5.74) is 5.58. The van der Waals surface area contributed by atoms with Crippen LogP contribution in [0.1, 0.15) is 0 Å². The zero-order chi connectivity index (χ0) is 12.8. The molecule has 2 aromatic heterocycles. The Bertz CT molecular complexity index is 580. The van der Waals surface area contributed by atoms with Crippen LogP contribution in [0.3, 0.4) is 0 Å². The van der Waals surface area contributed by atoms with Crippen molar-refractivity contribution >= 4 is 5.95 Å². The smallest absolute Gasteiger partial charge is 0.289 e. The summed E-state index contributed by atoms with van der Waals surface area (Å²) in [5, 5.41) is 0.